The van der Waals surface area contributed by atoms with Crippen LogP contribution < -0.4 is 5.56 Å². The molecular weight excluding hydrogens is 300 g/mol. The molecule has 0 spiro atoms. The van der Waals surface area contributed by atoms with Crippen LogP contribution in [0.2, 0.25) is 0 Å². The number of H-pyrrole nitrogens is 1. The van der Waals surface area contributed by atoms with Gasteiger partial charge in [-0.15, -0.1) is 11.3 Å². The third kappa shape index (κ3) is 4.00. The van der Waals surface area contributed by atoms with Crippen LogP contribution in [-0.2, 0) is 17.7 Å². The molecule has 7 heteroatoms. The highest BCUT2D eigenvalue weighted by molar-refractivity contribution is 7.09. The molecule has 2 aromatic rings. The Hall–Kier alpha value is -1.57. The number of morpholine rings is 1. The van der Waals surface area contributed by atoms with E-state index in [2.05, 4.69) is 26.8 Å². The molecule has 3 rings (SSSR count). The van der Waals surface area contributed by atoms with E-state index in [1.165, 1.54) is 11.2 Å². The second-order valence-electron chi connectivity index (χ2n) is 5.53. The molecule has 1 saturated heterocycles. The summed E-state index contributed by atoms with van der Waals surface area (Å²) in [6, 6.07) is 1.56. The van der Waals surface area contributed by atoms with Crippen LogP contribution in [0.3, 0.4) is 0 Å². The van der Waals surface area contributed by atoms with Crippen molar-refractivity contribution in [1.29, 1.82) is 0 Å². The van der Waals surface area contributed by atoms with Gasteiger partial charge in [-0.2, -0.15) is 0 Å². The minimum absolute atomic E-state index is 0.100. The zero-order chi connectivity index (χ0) is 15.4. The van der Waals surface area contributed by atoms with Crippen molar-refractivity contribution >= 4 is 11.3 Å². The highest BCUT2D eigenvalue weighted by Gasteiger charge is 2.21. The lowest BCUT2D eigenvalue weighted by Crippen LogP contribution is -2.42. The fraction of sp³-hybridized carbons (Fsp3) is 0.533. The Balaban J connectivity index is 1.52. The maximum Gasteiger partial charge on any atom is 0.250 e. The third-order valence-corrected chi connectivity index (χ3v) is 4.81. The second kappa shape index (κ2) is 7.13. The molecule has 1 atom stereocenters. The first-order valence-electron chi connectivity index (χ1n) is 7.47. The van der Waals surface area contributed by atoms with Crippen molar-refractivity contribution in [3.05, 3.63) is 44.5 Å². The van der Waals surface area contributed by atoms with Gasteiger partial charge in [-0.25, -0.2) is 9.97 Å². The monoisotopic (exact) mass is 320 g/mol. The first-order valence-corrected chi connectivity index (χ1v) is 8.35. The summed E-state index contributed by atoms with van der Waals surface area (Å²) in [5.41, 5.74) is 3.75. The summed E-state index contributed by atoms with van der Waals surface area (Å²) in [6.07, 6.45) is 3.30. The topological polar surface area (TPSA) is 71.1 Å². The summed E-state index contributed by atoms with van der Waals surface area (Å²) in [6.45, 7) is 5.63. The van der Waals surface area contributed by atoms with Crippen LogP contribution in [0.25, 0.3) is 0 Å². The van der Waals surface area contributed by atoms with Crippen molar-refractivity contribution < 1.29 is 4.74 Å². The van der Waals surface area contributed by atoms with Gasteiger partial charge in [0, 0.05) is 36.3 Å². The van der Waals surface area contributed by atoms with E-state index in [-0.39, 0.29) is 11.7 Å². The van der Waals surface area contributed by atoms with Crippen molar-refractivity contribution in [3.8, 4) is 0 Å². The van der Waals surface area contributed by atoms with E-state index in [1.807, 2.05) is 5.51 Å². The molecule has 0 amide bonds. The molecule has 1 aliphatic heterocycles. The minimum atomic E-state index is -0.100. The maximum atomic E-state index is 11.3. The average Bonchev–Trinajstić information content (AvgIpc) is 2.91. The first-order chi connectivity index (χ1) is 10.7. The predicted octanol–water partition coefficient (Wildman–Crippen LogP) is 1.37. The molecule has 0 aliphatic carbocycles. The van der Waals surface area contributed by atoms with Crippen molar-refractivity contribution in [2.45, 2.75) is 32.4 Å². The smallest absolute Gasteiger partial charge is 0.250 e. The highest BCUT2D eigenvalue weighted by atomic mass is 32.1. The molecule has 118 valence electrons. The fourth-order valence-electron chi connectivity index (χ4n) is 2.63. The van der Waals surface area contributed by atoms with Gasteiger partial charge in [-0.05, 0) is 19.8 Å². The number of nitrogens with zero attached hydrogens (tertiary/aromatic N) is 3. The lowest BCUT2D eigenvalue weighted by Gasteiger charge is -2.32. The molecule has 3 heterocycles. The van der Waals surface area contributed by atoms with E-state index >= 15 is 0 Å². The molecule has 0 bridgehead atoms. The van der Waals surface area contributed by atoms with E-state index in [9.17, 15) is 4.79 Å². The van der Waals surface area contributed by atoms with Gasteiger partial charge >= 0.3 is 0 Å². The quantitative estimate of drug-likeness (QED) is 0.901. The maximum absolute atomic E-state index is 11.3. The number of hydrogen-bond donors (Lipinski definition) is 1. The number of aromatic amines is 1. The Bertz CT molecular complexity index is 669. The summed E-state index contributed by atoms with van der Waals surface area (Å²) in [7, 11) is 0. The van der Waals surface area contributed by atoms with E-state index in [1.54, 1.807) is 17.4 Å². The van der Waals surface area contributed by atoms with E-state index in [0.717, 1.165) is 50.5 Å². The van der Waals surface area contributed by atoms with Gasteiger partial charge in [-0.3, -0.25) is 9.69 Å². The van der Waals surface area contributed by atoms with Crippen molar-refractivity contribution in [1.82, 2.24) is 19.9 Å². The van der Waals surface area contributed by atoms with Gasteiger partial charge in [0.2, 0.25) is 0 Å². The summed E-state index contributed by atoms with van der Waals surface area (Å²) in [5, 5.41) is 0. The van der Waals surface area contributed by atoms with E-state index < -0.39 is 0 Å². The zero-order valence-corrected chi connectivity index (χ0v) is 13.4. The van der Waals surface area contributed by atoms with Crippen LogP contribution in [0.5, 0.6) is 0 Å². The Morgan fingerprint density at radius 2 is 2.41 bits per heavy atom. The van der Waals surface area contributed by atoms with Crippen LogP contribution >= 0.6 is 11.3 Å². The minimum Gasteiger partial charge on any atom is -0.376 e. The molecule has 1 fully saturated rings. The lowest BCUT2D eigenvalue weighted by atomic mass is 10.1. The second-order valence-corrected chi connectivity index (χ2v) is 6.47. The molecule has 0 saturated carbocycles. The predicted molar refractivity (Wildman–Crippen MR) is 85.0 cm³/mol. The van der Waals surface area contributed by atoms with Crippen molar-refractivity contribution in [3.63, 3.8) is 0 Å². The standard InChI is InChI=1S/C15H20N4O2S/c1-11-14(22-10-18-11)8-19-4-5-21-13(7-19)3-2-12-6-15(20)17-9-16-12/h6,9-10,13H,2-5,7-8H2,1H3,(H,16,17,20)/t13-/m1/s1. The van der Waals surface area contributed by atoms with E-state index in [0.29, 0.717) is 0 Å². The molecule has 22 heavy (non-hydrogen) atoms. The number of aromatic nitrogens is 3. The largest absolute Gasteiger partial charge is 0.376 e. The number of aryl methyl sites for hydroxylation is 2. The number of nitrogens with one attached hydrogen (secondary N) is 1. The number of hydrogen-bond acceptors (Lipinski definition) is 6. The summed E-state index contributed by atoms with van der Waals surface area (Å²) < 4.78 is 5.84. The Morgan fingerprint density at radius 1 is 1.50 bits per heavy atom. The zero-order valence-electron chi connectivity index (χ0n) is 12.6. The molecule has 1 aliphatic rings. The molecule has 0 radical (unpaired) electrons. The Morgan fingerprint density at radius 3 is 3.18 bits per heavy atom. The SMILES string of the molecule is Cc1ncsc1CN1CCO[C@H](CCc2cc(=O)[nH]cn2)C1. The Labute approximate surface area is 133 Å². The molecular formula is C15H20N4O2S. The average molecular weight is 320 g/mol. The lowest BCUT2D eigenvalue weighted by molar-refractivity contribution is -0.0344. The van der Waals surface area contributed by atoms with Gasteiger partial charge < -0.3 is 9.72 Å². The van der Waals surface area contributed by atoms with Gasteiger partial charge in [0.05, 0.1) is 30.2 Å². The number of thiazole rings is 1. The summed E-state index contributed by atoms with van der Waals surface area (Å²) in [4.78, 5) is 26.0. The molecule has 6 nitrogen and oxygen atoms in total. The summed E-state index contributed by atoms with van der Waals surface area (Å²) >= 11 is 1.71. The molecule has 0 unspecified atom stereocenters. The van der Waals surface area contributed by atoms with Crippen LogP contribution in [0, 0.1) is 6.92 Å². The molecule has 0 aromatic carbocycles. The summed E-state index contributed by atoms with van der Waals surface area (Å²) in [5.74, 6) is 0. The normalized spacial score (nSPS) is 19.4. The highest BCUT2D eigenvalue weighted by Crippen LogP contribution is 2.18. The van der Waals surface area contributed by atoms with Crippen molar-refractivity contribution in [2.24, 2.45) is 0 Å². The fourth-order valence-corrected chi connectivity index (χ4v) is 3.45. The first kappa shape index (κ1) is 15.3. The van der Waals surface area contributed by atoms with Crippen molar-refractivity contribution in [2.75, 3.05) is 19.7 Å². The number of ether oxygens (including phenoxy) is 1. The van der Waals surface area contributed by atoms with Gasteiger partial charge in [0.15, 0.2) is 0 Å². The third-order valence-electron chi connectivity index (χ3n) is 3.89. The van der Waals surface area contributed by atoms with Gasteiger partial charge in [-0.1, -0.05) is 0 Å². The number of rotatable bonds is 5. The molecule has 1 N–H and O–H groups in total. The van der Waals surface area contributed by atoms with Gasteiger partial charge in [0.25, 0.3) is 5.56 Å². The van der Waals surface area contributed by atoms with Crippen LogP contribution in [0.4, 0.5) is 0 Å². The van der Waals surface area contributed by atoms with Crippen LogP contribution in [-0.4, -0.2) is 45.7 Å². The van der Waals surface area contributed by atoms with E-state index in [4.69, 9.17) is 4.74 Å². The Kier molecular flexibility index (Phi) is 4.97. The molecule has 2 aromatic heterocycles. The van der Waals surface area contributed by atoms with Gasteiger partial charge in [0.1, 0.15) is 0 Å². The van der Waals surface area contributed by atoms with Crippen LogP contribution in [0.15, 0.2) is 22.7 Å². The van der Waals surface area contributed by atoms with Crippen LogP contribution in [0.1, 0.15) is 22.7 Å².